The topological polar surface area (TPSA) is 62.5 Å². The Hall–Kier alpha value is -2.42. The van der Waals surface area contributed by atoms with Crippen molar-refractivity contribution in [2.75, 3.05) is 26.2 Å². The zero-order chi connectivity index (χ0) is 22.6. The van der Waals surface area contributed by atoms with E-state index in [4.69, 9.17) is 4.52 Å². The molecule has 9 heteroatoms. The van der Waals surface area contributed by atoms with Gasteiger partial charge in [-0.2, -0.15) is 18.2 Å². The van der Waals surface area contributed by atoms with Crippen LogP contribution in [0.2, 0.25) is 0 Å². The van der Waals surface area contributed by atoms with Crippen LogP contribution in [0.25, 0.3) is 11.4 Å². The van der Waals surface area contributed by atoms with Gasteiger partial charge < -0.3 is 9.42 Å². The number of halogens is 3. The lowest BCUT2D eigenvalue weighted by molar-refractivity contribution is -0.137. The second-order valence-corrected chi connectivity index (χ2v) is 8.79. The molecule has 2 aromatic rings. The maximum atomic E-state index is 12.9. The number of carbonyl (C=O) groups is 1. The Balaban J connectivity index is 1.25. The fraction of sp³-hybridized carbons (Fsp3) is 0.609. The van der Waals surface area contributed by atoms with Crippen LogP contribution in [-0.4, -0.2) is 52.0 Å². The van der Waals surface area contributed by atoms with E-state index in [0.29, 0.717) is 51.0 Å². The average molecular weight is 451 g/mol. The van der Waals surface area contributed by atoms with Crippen LogP contribution >= 0.6 is 0 Å². The lowest BCUT2D eigenvalue weighted by Crippen LogP contribution is -2.48. The van der Waals surface area contributed by atoms with Crippen molar-refractivity contribution < 1.29 is 22.5 Å². The Morgan fingerprint density at radius 1 is 1.09 bits per heavy atom. The first kappa shape index (κ1) is 22.8. The molecule has 174 valence electrons. The van der Waals surface area contributed by atoms with Crippen LogP contribution in [0, 0.1) is 5.92 Å². The molecule has 32 heavy (non-hydrogen) atoms. The van der Waals surface area contributed by atoms with Crippen LogP contribution in [0.5, 0.6) is 0 Å². The summed E-state index contributed by atoms with van der Waals surface area (Å²) in [4.78, 5) is 20.9. The van der Waals surface area contributed by atoms with Gasteiger partial charge in [0.25, 0.3) is 0 Å². The number of piperazine rings is 1. The standard InChI is InChI=1S/C23H29F3N4O2/c24-23(25,26)19-8-4-7-18(15-19)22-27-20(32-28-22)16-29-11-13-30(14-12-29)21(31)10-9-17-5-2-1-3-6-17/h4,7-8,15,17H,1-3,5-6,9-14,16H2. The van der Waals surface area contributed by atoms with Crippen molar-refractivity contribution in [3.63, 3.8) is 0 Å². The van der Waals surface area contributed by atoms with E-state index in [-0.39, 0.29) is 17.3 Å². The monoisotopic (exact) mass is 450 g/mol. The summed E-state index contributed by atoms with van der Waals surface area (Å²) in [7, 11) is 0. The highest BCUT2D eigenvalue weighted by atomic mass is 19.4. The molecular weight excluding hydrogens is 421 g/mol. The molecule has 1 aromatic carbocycles. The molecular formula is C23H29F3N4O2. The number of hydrogen-bond donors (Lipinski definition) is 0. The number of alkyl halides is 3. The van der Waals surface area contributed by atoms with Crippen LogP contribution in [0.15, 0.2) is 28.8 Å². The van der Waals surface area contributed by atoms with Crippen LogP contribution in [0.3, 0.4) is 0 Å². The predicted octanol–water partition coefficient (Wildman–Crippen LogP) is 4.76. The second kappa shape index (κ2) is 10.0. The molecule has 0 unspecified atom stereocenters. The molecule has 1 amide bonds. The van der Waals surface area contributed by atoms with Crippen LogP contribution in [0.1, 0.15) is 56.4 Å². The van der Waals surface area contributed by atoms with Gasteiger partial charge >= 0.3 is 6.18 Å². The molecule has 2 fully saturated rings. The predicted molar refractivity (Wildman–Crippen MR) is 112 cm³/mol. The Morgan fingerprint density at radius 2 is 1.84 bits per heavy atom. The van der Waals surface area contributed by atoms with E-state index in [1.807, 2.05) is 4.90 Å². The Bertz CT molecular complexity index is 901. The molecule has 0 spiro atoms. The van der Waals surface area contributed by atoms with Gasteiger partial charge in [-0.25, -0.2) is 0 Å². The SMILES string of the molecule is O=C(CCC1CCCCC1)N1CCN(Cc2nc(-c3cccc(C(F)(F)F)c3)no2)CC1. The van der Waals surface area contributed by atoms with Crippen molar-refractivity contribution in [2.24, 2.45) is 5.92 Å². The molecule has 1 saturated heterocycles. The molecule has 6 nitrogen and oxygen atoms in total. The molecule has 0 atom stereocenters. The third-order valence-electron chi connectivity index (χ3n) is 6.49. The van der Waals surface area contributed by atoms with E-state index < -0.39 is 11.7 Å². The van der Waals surface area contributed by atoms with Crippen LogP contribution in [-0.2, 0) is 17.5 Å². The molecule has 1 aromatic heterocycles. The van der Waals surface area contributed by atoms with Gasteiger partial charge in [0, 0.05) is 38.2 Å². The summed E-state index contributed by atoms with van der Waals surface area (Å²) in [5, 5.41) is 3.84. The molecule has 2 aliphatic rings. The minimum absolute atomic E-state index is 0.141. The summed E-state index contributed by atoms with van der Waals surface area (Å²) in [5.74, 6) is 1.44. The second-order valence-electron chi connectivity index (χ2n) is 8.79. The van der Waals surface area contributed by atoms with E-state index in [0.717, 1.165) is 18.6 Å². The van der Waals surface area contributed by atoms with Crippen molar-refractivity contribution in [1.29, 1.82) is 0 Å². The van der Waals surface area contributed by atoms with Gasteiger partial charge in [-0.3, -0.25) is 9.69 Å². The fourth-order valence-corrected chi connectivity index (χ4v) is 4.58. The van der Waals surface area contributed by atoms with Crippen LogP contribution in [0.4, 0.5) is 13.2 Å². The first-order valence-corrected chi connectivity index (χ1v) is 11.4. The van der Waals surface area contributed by atoms with E-state index in [9.17, 15) is 18.0 Å². The maximum absolute atomic E-state index is 12.9. The smallest absolute Gasteiger partial charge is 0.340 e. The quantitative estimate of drug-likeness (QED) is 0.635. The summed E-state index contributed by atoms with van der Waals surface area (Å²) in [5.41, 5.74) is -0.478. The van der Waals surface area contributed by atoms with Crippen LogP contribution < -0.4 is 0 Å². The molecule has 0 radical (unpaired) electrons. The zero-order valence-electron chi connectivity index (χ0n) is 18.1. The van der Waals surface area contributed by atoms with E-state index >= 15 is 0 Å². The summed E-state index contributed by atoms with van der Waals surface area (Å²) in [6.45, 7) is 3.15. The summed E-state index contributed by atoms with van der Waals surface area (Å²) < 4.78 is 44.1. The lowest BCUT2D eigenvalue weighted by atomic mass is 9.86. The maximum Gasteiger partial charge on any atom is 0.416 e. The highest BCUT2D eigenvalue weighted by molar-refractivity contribution is 5.76. The molecule has 1 saturated carbocycles. The summed E-state index contributed by atoms with van der Waals surface area (Å²) >= 11 is 0. The highest BCUT2D eigenvalue weighted by Gasteiger charge is 2.31. The lowest BCUT2D eigenvalue weighted by Gasteiger charge is -2.34. The number of nitrogens with zero attached hydrogens (tertiary/aromatic N) is 4. The van der Waals surface area contributed by atoms with E-state index in [1.165, 1.54) is 44.2 Å². The van der Waals surface area contributed by atoms with Gasteiger partial charge in [0.1, 0.15) is 0 Å². The number of rotatable bonds is 6. The Morgan fingerprint density at radius 3 is 2.56 bits per heavy atom. The molecule has 1 aliphatic heterocycles. The highest BCUT2D eigenvalue weighted by Crippen LogP contribution is 2.31. The van der Waals surface area contributed by atoms with Gasteiger partial charge in [-0.1, -0.05) is 49.4 Å². The number of carbonyl (C=O) groups excluding carboxylic acids is 1. The minimum atomic E-state index is -4.42. The van der Waals surface area contributed by atoms with Crippen molar-refractivity contribution >= 4 is 5.91 Å². The van der Waals surface area contributed by atoms with Gasteiger partial charge in [0.2, 0.25) is 17.6 Å². The van der Waals surface area contributed by atoms with Crippen molar-refractivity contribution in [3.05, 3.63) is 35.7 Å². The number of amides is 1. The first-order valence-electron chi connectivity index (χ1n) is 11.4. The normalized spacial score (nSPS) is 18.8. The first-order chi connectivity index (χ1) is 15.4. The van der Waals surface area contributed by atoms with Gasteiger partial charge in [-0.05, 0) is 24.5 Å². The molecule has 0 N–H and O–H groups in total. The molecule has 1 aliphatic carbocycles. The Kier molecular flexibility index (Phi) is 7.13. The summed E-state index contributed by atoms with van der Waals surface area (Å²) in [6.07, 6.45) is 3.64. The van der Waals surface area contributed by atoms with Crippen molar-refractivity contribution in [1.82, 2.24) is 19.9 Å². The number of benzene rings is 1. The van der Waals surface area contributed by atoms with Gasteiger partial charge in [0.05, 0.1) is 12.1 Å². The Labute approximate surface area is 185 Å². The minimum Gasteiger partial charge on any atom is -0.340 e. The average Bonchev–Trinajstić information content (AvgIpc) is 3.27. The third kappa shape index (κ3) is 5.88. The largest absolute Gasteiger partial charge is 0.416 e. The molecule has 4 rings (SSSR count). The van der Waals surface area contributed by atoms with Crippen molar-refractivity contribution in [3.8, 4) is 11.4 Å². The van der Waals surface area contributed by atoms with Gasteiger partial charge in [0.15, 0.2) is 0 Å². The third-order valence-corrected chi connectivity index (χ3v) is 6.49. The van der Waals surface area contributed by atoms with Crippen molar-refractivity contribution in [2.45, 2.75) is 57.7 Å². The number of hydrogen-bond acceptors (Lipinski definition) is 5. The fourth-order valence-electron chi connectivity index (χ4n) is 4.58. The molecule has 2 heterocycles. The molecule has 0 bridgehead atoms. The van der Waals surface area contributed by atoms with E-state index in [2.05, 4.69) is 15.0 Å². The summed E-state index contributed by atoms with van der Waals surface area (Å²) in [6, 6.07) is 4.90. The zero-order valence-corrected chi connectivity index (χ0v) is 18.1. The number of aromatic nitrogens is 2. The van der Waals surface area contributed by atoms with Gasteiger partial charge in [-0.15, -0.1) is 0 Å². The van der Waals surface area contributed by atoms with E-state index in [1.54, 1.807) is 0 Å².